The Morgan fingerprint density at radius 2 is 2.00 bits per heavy atom. The molecule has 0 radical (unpaired) electrons. The third-order valence-corrected chi connectivity index (χ3v) is 4.02. The van der Waals surface area contributed by atoms with Gasteiger partial charge in [-0.1, -0.05) is 19.3 Å². The molecule has 84 valence electrons. The van der Waals surface area contributed by atoms with Gasteiger partial charge in [0.2, 0.25) is 0 Å². The van der Waals surface area contributed by atoms with E-state index in [1.54, 1.807) is 7.11 Å². The van der Waals surface area contributed by atoms with Crippen LogP contribution in [0, 0.1) is 0 Å². The lowest BCUT2D eigenvalue weighted by Gasteiger charge is -2.21. The summed E-state index contributed by atoms with van der Waals surface area (Å²) < 4.78 is 10.4. The zero-order chi connectivity index (χ0) is 10.2. The first kappa shape index (κ1) is 12.3. The predicted octanol–water partition coefficient (Wildman–Crippen LogP) is 3.06. The van der Waals surface area contributed by atoms with E-state index in [0.717, 1.165) is 17.6 Å². The highest BCUT2D eigenvalue weighted by Crippen LogP contribution is 2.27. The largest absolute Gasteiger partial charge is 0.356 e. The van der Waals surface area contributed by atoms with Gasteiger partial charge in [-0.3, -0.25) is 0 Å². The van der Waals surface area contributed by atoms with Gasteiger partial charge < -0.3 is 9.47 Å². The van der Waals surface area contributed by atoms with Gasteiger partial charge in [0.1, 0.15) is 0 Å². The molecule has 0 heterocycles. The van der Waals surface area contributed by atoms with E-state index in [2.05, 4.69) is 11.8 Å². The van der Waals surface area contributed by atoms with E-state index < -0.39 is 0 Å². The van der Waals surface area contributed by atoms with Crippen LogP contribution >= 0.6 is 11.8 Å². The average molecular weight is 218 g/mol. The van der Waals surface area contributed by atoms with Gasteiger partial charge in [0.05, 0.1) is 6.61 Å². The molecule has 1 fully saturated rings. The molecule has 3 heteroatoms. The van der Waals surface area contributed by atoms with Gasteiger partial charge in [0.25, 0.3) is 0 Å². The fourth-order valence-corrected chi connectivity index (χ4v) is 2.92. The monoisotopic (exact) mass is 218 g/mol. The van der Waals surface area contributed by atoms with Crippen molar-refractivity contribution in [3.63, 3.8) is 0 Å². The minimum absolute atomic E-state index is 0.0537. The third kappa shape index (κ3) is 5.23. The summed E-state index contributed by atoms with van der Waals surface area (Å²) in [6.07, 6.45) is 7.05. The van der Waals surface area contributed by atoms with Crippen LogP contribution in [-0.2, 0) is 9.47 Å². The molecule has 0 N–H and O–H groups in total. The highest BCUT2D eigenvalue weighted by molar-refractivity contribution is 7.99. The molecule has 1 atom stereocenters. The van der Waals surface area contributed by atoms with Crippen molar-refractivity contribution in [2.75, 3.05) is 19.5 Å². The number of methoxy groups -OCH3 is 1. The van der Waals surface area contributed by atoms with Gasteiger partial charge in [0, 0.05) is 18.1 Å². The van der Waals surface area contributed by atoms with Crippen LogP contribution in [0.1, 0.15) is 39.0 Å². The molecule has 1 unspecified atom stereocenters. The van der Waals surface area contributed by atoms with Gasteiger partial charge in [-0.2, -0.15) is 11.8 Å². The Hall–Kier alpha value is 0.270. The van der Waals surface area contributed by atoms with Crippen molar-refractivity contribution in [3.05, 3.63) is 0 Å². The van der Waals surface area contributed by atoms with Crippen LogP contribution in [0.25, 0.3) is 0 Å². The zero-order valence-corrected chi connectivity index (χ0v) is 10.1. The second kappa shape index (κ2) is 7.55. The van der Waals surface area contributed by atoms with Crippen molar-refractivity contribution in [2.45, 2.75) is 50.6 Å². The fourth-order valence-electron chi connectivity index (χ4n) is 1.73. The number of rotatable bonds is 6. The summed E-state index contributed by atoms with van der Waals surface area (Å²) in [4.78, 5) is 0. The molecule has 0 saturated heterocycles. The van der Waals surface area contributed by atoms with E-state index in [1.807, 2.05) is 6.92 Å². The fraction of sp³-hybridized carbons (Fsp3) is 1.00. The quantitative estimate of drug-likeness (QED) is 0.504. The van der Waals surface area contributed by atoms with Gasteiger partial charge in [-0.15, -0.1) is 0 Å². The Balaban J connectivity index is 1.92. The smallest absolute Gasteiger partial charge is 0.154 e. The van der Waals surface area contributed by atoms with Gasteiger partial charge in [-0.25, -0.2) is 0 Å². The van der Waals surface area contributed by atoms with Crippen molar-refractivity contribution in [3.8, 4) is 0 Å². The molecule has 0 spiro atoms. The molecule has 0 aromatic rings. The molecular weight excluding hydrogens is 196 g/mol. The van der Waals surface area contributed by atoms with E-state index in [4.69, 9.17) is 9.47 Å². The summed E-state index contributed by atoms with van der Waals surface area (Å²) in [5, 5.41) is 0.894. The Morgan fingerprint density at radius 1 is 1.29 bits per heavy atom. The topological polar surface area (TPSA) is 18.5 Å². The summed E-state index contributed by atoms with van der Waals surface area (Å²) in [5.41, 5.74) is 0. The molecule has 1 rings (SSSR count). The van der Waals surface area contributed by atoms with E-state index in [9.17, 15) is 0 Å². The lowest BCUT2D eigenvalue weighted by atomic mass is 10.0. The molecule has 14 heavy (non-hydrogen) atoms. The molecule has 0 amide bonds. The first-order valence-electron chi connectivity index (χ1n) is 5.59. The van der Waals surface area contributed by atoms with Crippen LogP contribution in [0.3, 0.4) is 0 Å². The summed E-state index contributed by atoms with van der Waals surface area (Å²) >= 11 is 2.07. The summed E-state index contributed by atoms with van der Waals surface area (Å²) in [6, 6.07) is 0. The van der Waals surface area contributed by atoms with E-state index >= 15 is 0 Å². The van der Waals surface area contributed by atoms with Crippen molar-refractivity contribution in [1.82, 2.24) is 0 Å². The van der Waals surface area contributed by atoms with E-state index in [-0.39, 0.29) is 6.29 Å². The van der Waals surface area contributed by atoms with E-state index in [0.29, 0.717) is 0 Å². The first-order chi connectivity index (χ1) is 6.83. The maximum atomic E-state index is 5.44. The van der Waals surface area contributed by atoms with Gasteiger partial charge in [-0.05, 0) is 19.8 Å². The number of hydrogen-bond donors (Lipinski definition) is 0. The summed E-state index contributed by atoms with van der Waals surface area (Å²) in [6.45, 7) is 2.75. The second-order valence-electron chi connectivity index (χ2n) is 3.80. The average Bonchev–Trinajstić information content (AvgIpc) is 2.25. The molecule has 0 aromatic carbocycles. The number of hydrogen-bond acceptors (Lipinski definition) is 3. The van der Waals surface area contributed by atoms with Crippen LogP contribution < -0.4 is 0 Å². The molecule has 0 bridgehead atoms. The van der Waals surface area contributed by atoms with Crippen molar-refractivity contribution in [1.29, 1.82) is 0 Å². The Bertz CT molecular complexity index is 135. The lowest BCUT2D eigenvalue weighted by Crippen LogP contribution is -2.14. The Morgan fingerprint density at radius 3 is 2.64 bits per heavy atom. The minimum Gasteiger partial charge on any atom is -0.356 e. The van der Waals surface area contributed by atoms with Crippen molar-refractivity contribution in [2.24, 2.45) is 0 Å². The van der Waals surface area contributed by atoms with Crippen LogP contribution in [0.4, 0.5) is 0 Å². The molecule has 0 aromatic heterocycles. The standard InChI is InChI=1S/C11H22O2S/c1-10(12-2)13-8-9-14-11-6-4-3-5-7-11/h10-11H,3-9H2,1-2H3. The molecule has 0 aliphatic heterocycles. The first-order valence-corrected chi connectivity index (χ1v) is 6.64. The highest BCUT2D eigenvalue weighted by Gasteiger charge is 2.13. The van der Waals surface area contributed by atoms with Crippen LogP contribution in [0.15, 0.2) is 0 Å². The normalized spacial score (nSPS) is 21.0. The summed E-state index contributed by atoms with van der Waals surface area (Å²) in [5.74, 6) is 1.11. The minimum atomic E-state index is -0.0537. The van der Waals surface area contributed by atoms with Gasteiger partial charge in [0.15, 0.2) is 6.29 Å². The SMILES string of the molecule is COC(C)OCCSC1CCCCC1. The van der Waals surface area contributed by atoms with Crippen molar-refractivity contribution < 1.29 is 9.47 Å². The highest BCUT2D eigenvalue weighted by atomic mass is 32.2. The van der Waals surface area contributed by atoms with Crippen LogP contribution in [0.5, 0.6) is 0 Å². The Labute approximate surface area is 91.7 Å². The molecular formula is C11H22O2S. The van der Waals surface area contributed by atoms with Crippen LogP contribution in [0.2, 0.25) is 0 Å². The molecule has 1 aliphatic carbocycles. The predicted molar refractivity (Wildman–Crippen MR) is 61.8 cm³/mol. The molecule has 1 aliphatic rings. The lowest BCUT2D eigenvalue weighted by molar-refractivity contribution is -0.105. The maximum Gasteiger partial charge on any atom is 0.154 e. The Kier molecular flexibility index (Phi) is 6.65. The molecule has 1 saturated carbocycles. The van der Waals surface area contributed by atoms with Crippen LogP contribution in [-0.4, -0.2) is 31.0 Å². The van der Waals surface area contributed by atoms with Gasteiger partial charge >= 0.3 is 0 Å². The maximum absolute atomic E-state index is 5.44. The number of thioether (sulfide) groups is 1. The second-order valence-corrected chi connectivity index (χ2v) is 5.21. The number of ether oxygens (including phenoxy) is 2. The van der Waals surface area contributed by atoms with Crippen molar-refractivity contribution >= 4 is 11.8 Å². The zero-order valence-electron chi connectivity index (χ0n) is 9.33. The summed E-state index contributed by atoms with van der Waals surface area (Å²) in [7, 11) is 1.68. The molecule has 2 nitrogen and oxygen atoms in total. The van der Waals surface area contributed by atoms with E-state index in [1.165, 1.54) is 32.1 Å². The third-order valence-electron chi connectivity index (χ3n) is 2.67.